The van der Waals surface area contributed by atoms with E-state index in [4.69, 9.17) is 23.7 Å². The first-order valence-electron chi connectivity index (χ1n) is 8.37. The molecule has 0 saturated heterocycles. The van der Waals surface area contributed by atoms with Crippen molar-refractivity contribution in [1.29, 1.82) is 0 Å². The molecule has 8 nitrogen and oxygen atoms in total. The number of hydrogen-bond donors (Lipinski definition) is 1. The highest BCUT2D eigenvalue weighted by Gasteiger charge is 2.16. The van der Waals surface area contributed by atoms with E-state index in [0.29, 0.717) is 35.1 Å². The third kappa shape index (κ3) is 5.37. The Kier molecular flexibility index (Phi) is 7.65. The van der Waals surface area contributed by atoms with Gasteiger partial charge < -0.3 is 29.0 Å². The maximum atomic E-state index is 12.2. The van der Waals surface area contributed by atoms with Gasteiger partial charge in [0.05, 0.1) is 33.5 Å². The molecule has 28 heavy (non-hydrogen) atoms. The Balaban J connectivity index is 2.00. The standard InChI is InChI=1S/C20H23NO7/c1-24-11-13-6-5-7-14(8-13)20(23)28-12-18(22)21-15-9-16(25-2)19(27-4)17(10-15)26-3/h5-10H,11-12H2,1-4H3,(H,21,22). The first-order valence-corrected chi connectivity index (χ1v) is 8.37. The summed E-state index contributed by atoms with van der Waals surface area (Å²) in [7, 11) is 6.00. The molecule has 0 bridgehead atoms. The van der Waals surface area contributed by atoms with Gasteiger partial charge in [-0.2, -0.15) is 0 Å². The van der Waals surface area contributed by atoms with Gasteiger partial charge >= 0.3 is 5.97 Å². The molecule has 2 aromatic rings. The molecule has 0 radical (unpaired) electrons. The molecule has 0 spiro atoms. The van der Waals surface area contributed by atoms with E-state index in [0.717, 1.165) is 5.56 Å². The van der Waals surface area contributed by atoms with Crippen LogP contribution < -0.4 is 19.5 Å². The zero-order chi connectivity index (χ0) is 20.5. The Morgan fingerprint density at radius 1 is 0.929 bits per heavy atom. The predicted octanol–water partition coefficient (Wildman–Crippen LogP) is 2.65. The molecular weight excluding hydrogens is 366 g/mol. The van der Waals surface area contributed by atoms with Crippen LogP contribution in [-0.2, 0) is 20.9 Å². The van der Waals surface area contributed by atoms with E-state index in [1.165, 1.54) is 21.3 Å². The average Bonchev–Trinajstić information content (AvgIpc) is 2.71. The number of rotatable bonds is 9. The van der Waals surface area contributed by atoms with Crippen LogP contribution in [0.5, 0.6) is 17.2 Å². The van der Waals surface area contributed by atoms with Crippen molar-refractivity contribution in [2.75, 3.05) is 40.4 Å². The maximum Gasteiger partial charge on any atom is 0.338 e. The molecule has 0 fully saturated rings. The topological polar surface area (TPSA) is 92.3 Å². The van der Waals surface area contributed by atoms with Crippen molar-refractivity contribution in [2.45, 2.75) is 6.61 Å². The number of nitrogens with one attached hydrogen (secondary N) is 1. The summed E-state index contributed by atoms with van der Waals surface area (Å²) in [6.07, 6.45) is 0. The van der Waals surface area contributed by atoms with Crippen LogP contribution in [-0.4, -0.2) is 46.9 Å². The van der Waals surface area contributed by atoms with Crippen LogP contribution in [0.4, 0.5) is 5.69 Å². The quantitative estimate of drug-likeness (QED) is 0.659. The van der Waals surface area contributed by atoms with E-state index < -0.39 is 18.5 Å². The van der Waals surface area contributed by atoms with E-state index in [1.807, 2.05) is 6.07 Å². The van der Waals surface area contributed by atoms with Crippen molar-refractivity contribution < 1.29 is 33.3 Å². The minimum Gasteiger partial charge on any atom is -0.493 e. The van der Waals surface area contributed by atoms with Gasteiger partial charge in [-0.25, -0.2) is 4.79 Å². The van der Waals surface area contributed by atoms with E-state index in [1.54, 1.807) is 37.4 Å². The minimum absolute atomic E-state index is 0.343. The number of anilines is 1. The molecule has 0 aliphatic heterocycles. The number of benzene rings is 2. The number of ether oxygens (including phenoxy) is 5. The van der Waals surface area contributed by atoms with Crippen LogP contribution in [0.2, 0.25) is 0 Å². The minimum atomic E-state index is -0.599. The van der Waals surface area contributed by atoms with Gasteiger partial charge in [-0.15, -0.1) is 0 Å². The number of hydrogen-bond acceptors (Lipinski definition) is 7. The van der Waals surface area contributed by atoms with Crippen molar-refractivity contribution in [3.8, 4) is 17.2 Å². The van der Waals surface area contributed by atoms with E-state index >= 15 is 0 Å². The van der Waals surface area contributed by atoms with Crippen molar-refractivity contribution in [1.82, 2.24) is 0 Å². The van der Waals surface area contributed by atoms with Gasteiger partial charge in [0.2, 0.25) is 5.75 Å². The third-order valence-corrected chi connectivity index (χ3v) is 3.76. The van der Waals surface area contributed by atoms with Crippen molar-refractivity contribution in [2.24, 2.45) is 0 Å². The molecule has 2 rings (SSSR count). The fourth-order valence-corrected chi connectivity index (χ4v) is 2.52. The molecule has 0 heterocycles. The second-order valence-electron chi connectivity index (χ2n) is 5.67. The molecule has 0 atom stereocenters. The lowest BCUT2D eigenvalue weighted by molar-refractivity contribution is -0.119. The van der Waals surface area contributed by atoms with Crippen LogP contribution in [0, 0.1) is 0 Å². The number of amides is 1. The highest BCUT2D eigenvalue weighted by molar-refractivity contribution is 5.96. The van der Waals surface area contributed by atoms with Crippen LogP contribution in [0.3, 0.4) is 0 Å². The van der Waals surface area contributed by atoms with Gasteiger partial charge in [0.1, 0.15) is 0 Å². The van der Waals surface area contributed by atoms with Crippen molar-refractivity contribution in [3.63, 3.8) is 0 Å². The average molecular weight is 389 g/mol. The molecule has 0 unspecified atom stereocenters. The van der Waals surface area contributed by atoms with Crippen LogP contribution in [0.25, 0.3) is 0 Å². The summed E-state index contributed by atoms with van der Waals surface area (Å²) in [5.74, 6) is 0.0900. The summed E-state index contributed by atoms with van der Waals surface area (Å²) >= 11 is 0. The summed E-state index contributed by atoms with van der Waals surface area (Å²) in [6.45, 7) is -0.0628. The SMILES string of the molecule is COCc1cccc(C(=O)OCC(=O)Nc2cc(OC)c(OC)c(OC)c2)c1. The van der Waals surface area contributed by atoms with Gasteiger partial charge in [0, 0.05) is 24.9 Å². The summed E-state index contributed by atoms with van der Waals surface area (Å²) in [6, 6.07) is 9.98. The normalized spacial score (nSPS) is 10.1. The molecule has 8 heteroatoms. The Hall–Kier alpha value is -3.26. The van der Waals surface area contributed by atoms with Crippen LogP contribution in [0.15, 0.2) is 36.4 Å². The van der Waals surface area contributed by atoms with Gasteiger partial charge in [0.15, 0.2) is 18.1 Å². The second-order valence-corrected chi connectivity index (χ2v) is 5.67. The van der Waals surface area contributed by atoms with E-state index in [2.05, 4.69) is 5.32 Å². The number of esters is 1. The van der Waals surface area contributed by atoms with Crippen LogP contribution in [0.1, 0.15) is 15.9 Å². The fraction of sp³-hybridized carbons (Fsp3) is 0.300. The smallest absolute Gasteiger partial charge is 0.338 e. The molecule has 1 N–H and O–H groups in total. The Morgan fingerprint density at radius 2 is 1.61 bits per heavy atom. The summed E-state index contributed by atoms with van der Waals surface area (Å²) in [5, 5.41) is 2.63. The Bertz CT molecular complexity index is 810. The van der Waals surface area contributed by atoms with Gasteiger partial charge in [0.25, 0.3) is 5.91 Å². The first kappa shape index (κ1) is 21.0. The highest BCUT2D eigenvalue weighted by atomic mass is 16.5. The predicted molar refractivity (Wildman–Crippen MR) is 102 cm³/mol. The molecule has 2 aromatic carbocycles. The maximum absolute atomic E-state index is 12.2. The zero-order valence-corrected chi connectivity index (χ0v) is 16.2. The summed E-state index contributed by atoms with van der Waals surface area (Å²) in [5.41, 5.74) is 1.59. The molecule has 0 aromatic heterocycles. The number of carbonyl (C=O) groups excluding carboxylic acids is 2. The zero-order valence-electron chi connectivity index (χ0n) is 16.2. The lowest BCUT2D eigenvalue weighted by Crippen LogP contribution is -2.21. The van der Waals surface area contributed by atoms with Crippen LogP contribution >= 0.6 is 0 Å². The molecule has 1 amide bonds. The number of methoxy groups -OCH3 is 4. The highest BCUT2D eigenvalue weighted by Crippen LogP contribution is 2.39. The molecule has 0 saturated carbocycles. The van der Waals surface area contributed by atoms with Gasteiger partial charge in [-0.3, -0.25) is 4.79 Å². The van der Waals surface area contributed by atoms with Gasteiger partial charge in [-0.05, 0) is 17.7 Å². The molecule has 0 aliphatic carbocycles. The summed E-state index contributed by atoms with van der Waals surface area (Å²) < 4.78 is 25.8. The molecular formula is C20H23NO7. The van der Waals surface area contributed by atoms with Crippen molar-refractivity contribution >= 4 is 17.6 Å². The molecule has 0 aliphatic rings. The number of carbonyl (C=O) groups is 2. The molecule has 150 valence electrons. The lowest BCUT2D eigenvalue weighted by Gasteiger charge is -2.14. The largest absolute Gasteiger partial charge is 0.493 e. The Labute approximate surface area is 163 Å². The van der Waals surface area contributed by atoms with E-state index in [-0.39, 0.29) is 0 Å². The fourth-order valence-electron chi connectivity index (χ4n) is 2.52. The summed E-state index contributed by atoms with van der Waals surface area (Å²) in [4.78, 5) is 24.3. The monoisotopic (exact) mass is 389 g/mol. The van der Waals surface area contributed by atoms with Crippen molar-refractivity contribution in [3.05, 3.63) is 47.5 Å². The third-order valence-electron chi connectivity index (χ3n) is 3.76. The first-order chi connectivity index (χ1) is 13.5. The second kappa shape index (κ2) is 10.2. The lowest BCUT2D eigenvalue weighted by atomic mass is 10.1. The van der Waals surface area contributed by atoms with Gasteiger partial charge in [-0.1, -0.05) is 12.1 Å². The Morgan fingerprint density at radius 3 is 2.18 bits per heavy atom. The van der Waals surface area contributed by atoms with E-state index in [9.17, 15) is 9.59 Å².